The average Bonchev–Trinajstić information content (AvgIpc) is 2.94. The summed E-state index contributed by atoms with van der Waals surface area (Å²) in [4.78, 5) is 16.6. The molecule has 1 aliphatic carbocycles. The van der Waals surface area contributed by atoms with Crippen LogP contribution < -0.4 is 0 Å². The molecule has 4 rings (SSSR count). The zero-order chi connectivity index (χ0) is 17.6. The van der Waals surface area contributed by atoms with Gasteiger partial charge in [-0.25, -0.2) is 4.98 Å². The maximum atomic E-state index is 11.9. The molecule has 0 aliphatic heterocycles. The van der Waals surface area contributed by atoms with Crippen LogP contribution >= 0.6 is 0 Å². The van der Waals surface area contributed by atoms with Crippen molar-refractivity contribution in [3.8, 4) is 6.07 Å². The first-order valence-corrected chi connectivity index (χ1v) is 8.61. The number of aromatic nitrogens is 2. The maximum Gasteiger partial charge on any atom is 0.167 e. The number of hydrogen-bond donors (Lipinski definition) is 0. The molecule has 0 radical (unpaired) electrons. The van der Waals surface area contributed by atoms with E-state index in [9.17, 15) is 10.1 Å². The van der Waals surface area contributed by atoms with Gasteiger partial charge in [-0.2, -0.15) is 5.26 Å². The molecule has 0 bridgehead atoms. The fourth-order valence-electron chi connectivity index (χ4n) is 4.20. The Kier molecular flexibility index (Phi) is 3.65. The zero-order valence-corrected chi connectivity index (χ0v) is 14.4. The highest BCUT2D eigenvalue weighted by Gasteiger charge is 2.28. The Morgan fingerprint density at radius 3 is 2.88 bits per heavy atom. The summed E-state index contributed by atoms with van der Waals surface area (Å²) in [5.41, 5.74) is 6.08. The highest BCUT2D eigenvalue weighted by molar-refractivity contribution is 5.96. The van der Waals surface area contributed by atoms with Crippen molar-refractivity contribution >= 4 is 17.3 Å². The molecule has 4 nitrogen and oxygen atoms in total. The van der Waals surface area contributed by atoms with Gasteiger partial charge in [0.25, 0.3) is 0 Å². The van der Waals surface area contributed by atoms with E-state index in [0.29, 0.717) is 11.3 Å². The molecule has 0 spiro atoms. The van der Waals surface area contributed by atoms with Crippen LogP contribution in [0.3, 0.4) is 0 Å². The highest BCUT2D eigenvalue weighted by Crippen LogP contribution is 2.38. The van der Waals surface area contributed by atoms with E-state index in [1.165, 1.54) is 11.1 Å². The Labute approximate surface area is 146 Å². The fourth-order valence-corrected chi connectivity index (χ4v) is 4.20. The predicted octanol–water partition coefficient (Wildman–Crippen LogP) is 4.26. The van der Waals surface area contributed by atoms with Crippen LogP contribution in [0.1, 0.15) is 57.3 Å². The van der Waals surface area contributed by atoms with Crippen LogP contribution in [0.15, 0.2) is 30.3 Å². The summed E-state index contributed by atoms with van der Waals surface area (Å²) in [5, 5.41) is 10.5. The molecule has 0 N–H and O–H groups in total. The van der Waals surface area contributed by atoms with Gasteiger partial charge in [-0.15, -0.1) is 0 Å². The van der Waals surface area contributed by atoms with Gasteiger partial charge < -0.3 is 4.57 Å². The minimum absolute atomic E-state index is 0.0449. The molecular formula is C21H19N3O. The third-order valence-electron chi connectivity index (χ3n) is 5.19. The fraction of sp³-hybridized carbons (Fsp3) is 0.286. The van der Waals surface area contributed by atoms with Gasteiger partial charge >= 0.3 is 0 Å². The largest absolute Gasteiger partial charge is 0.314 e. The molecular weight excluding hydrogens is 310 g/mol. The van der Waals surface area contributed by atoms with Gasteiger partial charge in [0.05, 0.1) is 11.6 Å². The Morgan fingerprint density at radius 2 is 2.12 bits per heavy atom. The highest BCUT2D eigenvalue weighted by atomic mass is 16.1. The lowest BCUT2D eigenvalue weighted by atomic mass is 9.87. The Morgan fingerprint density at radius 1 is 1.32 bits per heavy atom. The summed E-state index contributed by atoms with van der Waals surface area (Å²) in [6, 6.07) is 12.6. The van der Waals surface area contributed by atoms with Crippen LogP contribution in [0.4, 0.5) is 0 Å². The molecule has 0 fully saturated rings. The maximum absolute atomic E-state index is 11.9. The predicted molar refractivity (Wildman–Crippen MR) is 96.8 cm³/mol. The third kappa shape index (κ3) is 2.27. The molecule has 1 atom stereocenters. The third-order valence-corrected chi connectivity index (χ3v) is 5.19. The number of nitriles is 1. The molecule has 4 heteroatoms. The van der Waals surface area contributed by atoms with E-state index >= 15 is 0 Å². The molecule has 124 valence electrons. The number of pyridine rings is 1. The zero-order valence-electron chi connectivity index (χ0n) is 14.4. The van der Waals surface area contributed by atoms with Crippen LogP contribution in [0.2, 0.25) is 0 Å². The molecule has 0 unspecified atom stereocenters. The van der Waals surface area contributed by atoms with Crippen LogP contribution in [-0.4, -0.2) is 15.8 Å². The van der Waals surface area contributed by atoms with E-state index in [1.807, 2.05) is 30.5 Å². The lowest BCUT2D eigenvalue weighted by molar-refractivity contribution is 0.111. The molecule has 2 heterocycles. The molecule has 1 aromatic carbocycles. The van der Waals surface area contributed by atoms with Crippen molar-refractivity contribution in [3.05, 3.63) is 64.0 Å². The standard InChI is InChI=1S/C21H19N3O/c1-13-10-14(2)23-21-20(13)17(11-22)19(12-25)24(21)18-9-5-7-15-6-3-4-8-16(15)18/h3-4,6,8,10,12,18H,5,7,9H2,1-2H3/t18-/m0/s1. The first-order chi connectivity index (χ1) is 12.2. The number of carbonyl (C=O) groups is 1. The van der Waals surface area contributed by atoms with Gasteiger partial charge in [0.15, 0.2) is 6.29 Å². The normalized spacial score (nSPS) is 16.4. The minimum atomic E-state index is 0.0449. The summed E-state index contributed by atoms with van der Waals surface area (Å²) in [7, 11) is 0. The van der Waals surface area contributed by atoms with Crippen molar-refractivity contribution in [3.63, 3.8) is 0 Å². The van der Waals surface area contributed by atoms with Crippen molar-refractivity contribution < 1.29 is 4.79 Å². The first-order valence-electron chi connectivity index (χ1n) is 8.61. The Hall–Kier alpha value is -2.93. The van der Waals surface area contributed by atoms with Crippen molar-refractivity contribution in [2.45, 2.75) is 39.2 Å². The SMILES string of the molecule is Cc1cc(C)c2c(C#N)c(C=O)n([C@H]3CCCc4ccccc43)c2n1. The molecule has 3 aromatic rings. The van der Waals surface area contributed by atoms with Crippen molar-refractivity contribution in [1.29, 1.82) is 5.26 Å². The van der Waals surface area contributed by atoms with E-state index < -0.39 is 0 Å². The van der Waals surface area contributed by atoms with E-state index in [0.717, 1.165) is 47.8 Å². The Balaban J connectivity index is 2.10. The van der Waals surface area contributed by atoms with E-state index in [1.54, 1.807) is 0 Å². The summed E-state index contributed by atoms with van der Waals surface area (Å²) in [5.74, 6) is 0. The molecule has 0 saturated heterocycles. The van der Waals surface area contributed by atoms with Crippen LogP contribution in [0.25, 0.3) is 11.0 Å². The first kappa shape index (κ1) is 15.6. The number of benzene rings is 1. The van der Waals surface area contributed by atoms with Crippen molar-refractivity contribution in [1.82, 2.24) is 9.55 Å². The minimum Gasteiger partial charge on any atom is -0.314 e. The summed E-state index contributed by atoms with van der Waals surface area (Å²) in [6.07, 6.45) is 3.87. The molecule has 2 aromatic heterocycles. The van der Waals surface area contributed by atoms with E-state index in [-0.39, 0.29) is 6.04 Å². The summed E-state index contributed by atoms with van der Waals surface area (Å²) < 4.78 is 2.00. The van der Waals surface area contributed by atoms with Gasteiger partial charge in [-0.1, -0.05) is 24.3 Å². The second-order valence-electron chi connectivity index (χ2n) is 6.75. The van der Waals surface area contributed by atoms with Crippen molar-refractivity contribution in [2.75, 3.05) is 0 Å². The smallest absolute Gasteiger partial charge is 0.167 e. The molecule has 1 aliphatic rings. The second-order valence-corrected chi connectivity index (χ2v) is 6.75. The number of nitrogens with zero attached hydrogens (tertiary/aromatic N) is 3. The van der Waals surface area contributed by atoms with Crippen LogP contribution in [0.5, 0.6) is 0 Å². The number of fused-ring (bicyclic) bond motifs is 2. The van der Waals surface area contributed by atoms with Crippen molar-refractivity contribution in [2.24, 2.45) is 0 Å². The summed E-state index contributed by atoms with van der Waals surface area (Å²) >= 11 is 0. The van der Waals surface area contributed by atoms with Gasteiger partial charge in [-0.3, -0.25) is 4.79 Å². The Bertz CT molecular complexity index is 1040. The van der Waals surface area contributed by atoms with Gasteiger partial charge in [-0.05, 0) is 55.9 Å². The van der Waals surface area contributed by atoms with Gasteiger partial charge in [0.1, 0.15) is 17.4 Å². The molecule has 25 heavy (non-hydrogen) atoms. The van der Waals surface area contributed by atoms with Gasteiger partial charge in [0.2, 0.25) is 0 Å². The lowest BCUT2D eigenvalue weighted by Gasteiger charge is -2.28. The number of aryl methyl sites for hydroxylation is 3. The number of rotatable bonds is 2. The number of aldehydes is 1. The quantitative estimate of drug-likeness (QED) is 0.660. The molecule has 0 saturated carbocycles. The number of hydrogen-bond acceptors (Lipinski definition) is 3. The monoisotopic (exact) mass is 329 g/mol. The molecule has 0 amide bonds. The second kappa shape index (κ2) is 5.86. The van der Waals surface area contributed by atoms with Gasteiger partial charge in [0, 0.05) is 11.1 Å². The topological polar surface area (TPSA) is 58.7 Å². The van der Waals surface area contributed by atoms with Crippen LogP contribution in [0, 0.1) is 25.2 Å². The van der Waals surface area contributed by atoms with E-state index in [4.69, 9.17) is 4.98 Å². The average molecular weight is 329 g/mol. The van der Waals surface area contributed by atoms with E-state index in [2.05, 4.69) is 24.3 Å². The number of carbonyl (C=O) groups excluding carboxylic acids is 1. The summed E-state index contributed by atoms with van der Waals surface area (Å²) in [6.45, 7) is 3.93. The lowest BCUT2D eigenvalue weighted by Crippen LogP contribution is -2.19. The van der Waals surface area contributed by atoms with Crippen LogP contribution in [-0.2, 0) is 6.42 Å².